The van der Waals surface area contributed by atoms with Crippen LogP contribution in [0.4, 0.5) is 10.7 Å². The Morgan fingerprint density at radius 1 is 1.04 bits per heavy atom. The van der Waals surface area contributed by atoms with Crippen LogP contribution in [0.3, 0.4) is 0 Å². The molecular formula is C19H22N6O2. The molecule has 1 fully saturated rings. The molecule has 1 aliphatic heterocycles. The van der Waals surface area contributed by atoms with Crippen molar-refractivity contribution in [3.05, 3.63) is 36.4 Å². The molecule has 0 spiro atoms. The molecule has 0 N–H and O–H groups in total. The average molecular weight is 366 g/mol. The van der Waals surface area contributed by atoms with Crippen LogP contribution in [0.1, 0.15) is 26.5 Å². The van der Waals surface area contributed by atoms with Gasteiger partial charge in [0.15, 0.2) is 0 Å². The Morgan fingerprint density at radius 3 is 2.19 bits per heavy atom. The van der Waals surface area contributed by atoms with Crippen LogP contribution in [-0.4, -0.2) is 57.7 Å². The zero-order valence-electron chi connectivity index (χ0n) is 15.7. The van der Waals surface area contributed by atoms with Crippen molar-refractivity contribution in [2.45, 2.75) is 26.4 Å². The van der Waals surface area contributed by atoms with Crippen molar-refractivity contribution in [2.75, 3.05) is 31.1 Å². The molecule has 0 aliphatic carbocycles. The minimum Gasteiger partial charge on any atom is -0.444 e. The first-order valence-corrected chi connectivity index (χ1v) is 8.77. The molecule has 8 nitrogen and oxygen atoms in total. The van der Waals surface area contributed by atoms with Crippen molar-refractivity contribution in [2.24, 2.45) is 0 Å². The Labute approximate surface area is 158 Å². The average Bonchev–Trinajstić information content (AvgIpc) is 2.67. The van der Waals surface area contributed by atoms with Gasteiger partial charge in [0.2, 0.25) is 5.95 Å². The van der Waals surface area contributed by atoms with Crippen LogP contribution < -0.4 is 4.90 Å². The SMILES string of the molecule is CC(C)(C)OC(=O)N1CCN(c2ncc(-c3ccc(C#N)nc3)cn2)CC1. The topological polar surface area (TPSA) is 95.2 Å². The highest BCUT2D eigenvalue weighted by Gasteiger charge is 2.26. The van der Waals surface area contributed by atoms with Crippen molar-refractivity contribution in [1.29, 1.82) is 5.26 Å². The number of piperazine rings is 1. The third-order valence-corrected chi connectivity index (χ3v) is 4.06. The van der Waals surface area contributed by atoms with Crippen molar-refractivity contribution in [3.8, 4) is 17.2 Å². The number of hydrogen-bond acceptors (Lipinski definition) is 7. The van der Waals surface area contributed by atoms with Gasteiger partial charge in [0, 0.05) is 55.9 Å². The summed E-state index contributed by atoms with van der Waals surface area (Å²) in [6.45, 7) is 8.02. The number of carbonyl (C=O) groups excluding carboxylic acids is 1. The molecule has 140 valence electrons. The highest BCUT2D eigenvalue weighted by atomic mass is 16.6. The highest BCUT2D eigenvalue weighted by Crippen LogP contribution is 2.19. The fourth-order valence-corrected chi connectivity index (χ4v) is 2.68. The molecule has 0 saturated carbocycles. The molecule has 0 radical (unpaired) electrons. The van der Waals surface area contributed by atoms with Crippen LogP contribution in [0.5, 0.6) is 0 Å². The molecular weight excluding hydrogens is 344 g/mol. The predicted molar refractivity (Wildman–Crippen MR) is 100.0 cm³/mol. The molecule has 27 heavy (non-hydrogen) atoms. The summed E-state index contributed by atoms with van der Waals surface area (Å²) in [5, 5.41) is 8.81. The number of carbonyl (C=O) groups is 1. The number of rotatable bonds is 2. The molecule has 0 unspecified atom stereocenters. The lowest BCUT2D eigenvalue weighted by Crippen LogP contribution is -2.50. The van der Waals surface area contributed by atoms with E-state index < -0.39 is 5.60 Å². The number of nitriles is 1. The zero-order valence-corrected chi connectivity index (χ0v) is 15.7. The fourth-order valence-electron chi connectivity index (χ4n) is 2.68. The second-order valence-corrected chi connectivity index (χ2v) is 7.27. The highest BCUT2D eigenvalue weighted by molar-refractivity contribution is 5.68. The van der Waals surface area contributed by atoms with E-state index in [-0.39, 0.29) is 6.09 Å². The molecule has 1 amide bonds. The number of pyridine rings is 1. The van der Waals surface area contributed by atoms with E-state index in [1.807, 2.05) is 37.8 Å². The van der Waals surface area contributed by atoms with Crippen molar-refractivity contribution in [3.63, 3.8) is 0 Å². The van der Waals surface area contributed by atoms with Gasteiger partial charge in [-0.2, -0.15) is 5.26 Å². The van der Waals surface area contributed by atoms with Crippen molar-refractivity contribution < 1.29 is 9.53 Å². The van der Waals surface area contributed by atoms with E-state index in [0.29, 0.717) is 37.8 Å². The van der Waals surface area contributed by atoms with Gasteiger partial charge < -0.3 is 14.5 Å². The number of hydrogen-bond donors (Lipinski definition) is 0. The minimum absolute atomic E-state index is 0.285. The van der Waals surface area contributed by atoms with Crippen LogP contribution >= 0.6 is 0 Å². The largest absolute Gasteiger partial charge is 0.444 e. The first-order chi connectivity index (χ1) is 12.9. The molecule has 8 heteroatoms. The number of amides is 1. The molecule has 1 aliphatic rings. The Morgan fingerprint density at radius 2 is 1.67 bits per heavy atom. The fraction of sp³-hybridized carbons (Fsp3) is 0.421. The van der Waals surface area contributed by atoms with E-state index in [2.05, 4.69) is 15.0 Å². The van der Waals surface area contributed by atoms with Crippen molar-refractivity contribution >= 4 is 12.0 Å². The van der Waals surface area contributed by atoms with Crippen LogP contribution in [0.2, 0.25) is 0 Å². The van der Waals surface area contributed by atoms with E-state index in [9.17, 15) is 4.79 Å². The monoisotopic (exact) mass is 366 g/mol. The number of nitrogens with zero attached hydrogens (tertiary/aromatic N) is 6. The summed E-state index contributed by atoms with van der Waals surface area (Å²) < 4.78 is 5.41. The lowest BCUT2D eigenvalue weighted by molar-refractivity contribution is 0.0240. The third kappa shape index (κ3) is 4.70. The molecule has 0 aromatic carbocycles. The predicted octanol–water partition coefficient (Wildman–Crippen LogP) is 2.47. The quantitative estimate of drug-likeness (QED) is 0.805. The van der Waals surface area contributed by atoms with Gasteiger partial charge in [0.05, 0.1) is 0 Å². The van der Waals surface area contributed by atoms with E-state index in [0.717, 1.165) is 11.1 Å². The molecule has 1 saturated heterocycles. The first kappa shape index (κ1) is 18.6. The van der Waals surface area contributed by atoms with Crippen LogP contribution in [-0.2, 0) is 4.74 Å². The van der Waals surface area contributed by atoms with E-state index in [1.54, 1.807) is 29.6 Å². The van der Waals surface area contributed by atoms with Crippen LogP contribution in [0.25, 0.3) is 11.1 Å². The second kappa shape index (κ2) is 7.58. The summed E-state index contributed by atoms with van der Waals surface area (Å²) in [7, 11) is 0. The molecule has 3 rings (SSSR count). The minimum atomic E-state index is -0.493. The third-order valence-electron chi connectivity index (χ3n) is 4.06. The number of aromatic nitrogens is 3. The molecule has 2 aromatic rings. The Bertz CT molecular complexity index is 828. The molecule has 2 aromatic heterocycles. The lowest BCUT2D eigenvalue weighted by atomic mass is 10.1. The smallest absolute Gasteiger partial charge is 0.410 e. The van der Waals surface area contributed by atoms with Gasteiger partial charge in [0.1, 0.15) is 17.4 Å². The van der Waals surface area contributed by atoms with Crippen LogP contribution in [0.15, 0.2) is 30.7 Å². The van der Waals surface area contributed by atoms with Crippen molar-refractivity contribution in [1.82, 2.24) is 19.9 Å². The standard InChI is InChI=1S/C19H22N6O2/c1-19(2,3)27-18(26)25-8-6-24(7-9-25)17-22-12-15(13-23-17)14-4-5-16(10-20)21-11-14/h4-5,11-13H,6-9H2,1-3H3. The summed E-state index contributed by atoms with van der Waals surface area (Å²) >= 11 is 0. The number of anilines is 1. The van der Waals surface area contributed by atoms with Gasteiger partial charge in [-0.25, -0.2) is 19.7 Å². The first-order valence-electron chi connectivity index (χ1n) is 8.77. The summed E-state index contributed by atoms with van der Waals surface area (Å²) in [5.74, 6) is 0.629. The Balaban J connectivity index is 1.60. The molecule has 0 bridgehead atoms. The molecule has 0 atom stereocenters. The summed E-state index contributed by atoms with van der Waals surface area (Å²) in [5.41, 5.74) is 1.57. The Hall–Kier alpha value is -3.21. The normalized spacial score (nSPS) is 14.6. The maximum atomic E-state index is 12.1. The van der Waals surface area contributed by atoms with Crippen LogP contribution in [0, 0.1) is 11.3 Å². The Kier molecular flexibility index (Phi) is 5.21. The summed E-state index contributed by atoms with van der Waals surface area (Å²) in [6, 6.07) is 5.48. The summed E-state index contributed by atoms with van der Waals surface area (Å²) in [6.07, 6.45) is 4.83. The maximum Gasteiger partial charge on any atom is 0.410 e. The van der Waals surface area contributed by atoms with Gasteiger partial charge in [-0.1, -0.05) is 0 Å². The van der Waals surface area contributed by atoms with Gasteiger partial charge in [-0.3, -0.25) is 0 Å². The van der Waals surface area contributed by atoms with Gasteiger partial charge in [-0.15, -0.1) is 0 Å². The van der Waals surface area contributed by atoms with E-state index >= 15 is 0 Å². The lowest BCUT2D eigenvalue weighted by Gasteiger charge is -2.35. The number of ether oxygens (including phenoxy) is 1. The van der Waals surface area contributed by atoms with E-state index in [4.69, 9.17) is 10.00 Å². The second-order valence-electron chi connectivity index (χ2n) is 7.27. The summed E-state index contributed by atoms with van der Waals surface area (Å²) in [4.78, 5) is 28.8. The maximum absolute atomic E-state index is 12.1. The van der Waals surface area contributed by atoms with Gasteiger partial charge in [-0.05, 0) is 32.9 Å². The van der Waals surface area contributed by atoms with Gasteiger partial charge >= 0.3 is 6.09 Å². The zero-order chi connectivity index (χ0) is 19.4. The van der Waals surface area contributed by atoms with E-state index in [1.165, 1.54) is 0 Å². The molecule has 3 heterocycles. The van der Waals surface area contributed by atoms with Gasteiger partial charge in [0.25, 0.3) is 0 Å².